The molecule has 30 heavy (non-hydrogen) atoms. The summed E-state index contributed by atoms with van der Waals surface area (Å²) < 4.78 is 9.10. The summed E-state index contributed by atoms with van der Waals surface area (Å²) in [6.45, 7) is 0.734. The smallest absolute Gasteiger partial charge is 0.240 e. The van der Waals surface area contributed by atoms with E-state index in [0.29, 0.717) is 24.5 Å². The number of fused-ring (bicyclic) bond motifs is 2. The van der Waals surface area contributed by atoms with Crippen LogP contribution in [0, 0.1) is 0 Å². The highest BCUT2D eigenvalue weighted by molar-refractivity contribution is 6.00. The highest BCUT2D eigenvalue weighted by atomic mass is 16.3. The summed E-state index contributed by atoms with van der Waals surface area (Å²) in [5.41, 5.74) is 2.91. The Hall–Kier alpha value is -3.81. The first-order chi connectivity index (χ1) is 14.6. The Morgan fingerprint density at radius 2 is 2.10 bits per heavy atom. The largest absolute Gasteiger partial charge is 0.467 e. The van der Waals surface area contributed by atoms with Crippen LogP contribution in [0.5, 0.6) is 0 Å². The molecule has 0 atom stereocenters. The maximum atomic E-state index is 12.6. The zero-order valence-corrected chi connectivity index (χ0v) is 16.5. The van der Waals surface area contributed by atoms with Gasteiger partial charge in [0.1, 0.15) is 18.1 Å². The summed E-state index contributed by atoms with van der Waals surface area (Å²) in [5, 5.41) is 8.62. The van der Waals surface area contributed by atoms with Crippen LogP contribution in [0.15, 0.2) is 59.3 Å². The summed E-state index contributed by atoms with van der Waals surface area (Å²) in [4.78, 5) is 26.5. The van der Waals surface area contributed by atoms with Crippen LogP contribution in [0.4, 0.5) is 5.82 Å². The van der Waals surface area contributed by atoms with Crippen LogP contribution < -0.4 is 10.2 Å². The molecule has 0 spiro atoms. The van der Waals surface area contributed by atoms with Gasteiger partial charge in [0.25, 0.3) is 0 Å². The van der Waals surface area contributed by atoms with E-state index in [1.165, 1.54) is 4.90 Å². The first-order valence-electron chi connectivity index (χ1n) is 9.82. The van der Waals surface area contributed by atoms with Crippen molar-refractivity contribution in [3.8, 4) is 11.3 Å². The number of aromatic nitrogens is 3. The molecular formula is C22H21N5O3. The summed E-state index contributed by atoms with van der Waals surface area (Å²) in [6.07, 6.45) is 3.92. The van der Waals surface area contributed by atoms with E-state index in [-0.39, 0.29) is 24.9 Å². The summed E-state index contributed by atoms with van der Waals surface area (Å²) in [7, 11) is 2.00. The van der Waals surface area contributed by atoms with E-state index >= 15 is 0 Å². The lowest BCUT2D eigenvalue weighted by molar-refractivity contribution is -0.124. The van der Waals surface area contributed by atoms with E-state index in [9.17, 15) is 9.59 Å². The summed E-state index contributed by atoms with van der Waals surface area (Å²) in [6, 6.07) is 13.6. The second kappa shape index (κ2) is 7.22. The zero-order valence-electron chi connectivity index (χ0n) is 16.5. The Balaban J connectivity index is 1.42. The molecule has 8 nitrogen and oxygen atoms in total. The van der Waals surface area contributed by atoms with Gasteiger partial charge in [-0.05, 0) is 18.2 Å². The first kappa shape index (κ1) is 18.2. The number of carbonyl (C=O) groups excluding carboxylic acids is 2. The second-order valence-electron chi connectivity index (χ2n) is 7.37. The van der Waals surface area contributed by atoms with E-state index in [1.807, 2.05) is 31.4 Å². The number of benzene rings is 1. The van der Waals surface area contributed by atoms with Gasteiger partial charge in [0.2, 0.25) is 11.8 Å². The number of hydrogen-bond donors (Lipinski definition) is 1. The average Bonchev–Trinajstić information content (AvgIpc) is 3.48. The number of anilines is 1. The lowest BCUT2D eigenvalue weighted by Gasteiger charge is -2.26. The van der Waals surface area contributed by atoms with E-state index in [2.05, 4.69) is 22.0 Å². The predicted octanol–water partition coefficient (Wildman–Crippen LogP) is 2.69. The number of aryl methyl sites for hydroxylation is 2. The molecule has 3 aromatic heterocycles. The highest BCUT2D eigenvalue weighted by Gasteiger charge is 2.28. The number of furan rings is 1. The molecule has 152 valence electrons. The Morgan fingerprint density at radius 1 is 1.23 bits per heavy atom. The van der Waals surface area contributed by atoms with Gasteiger partial charge < -0.3 is 14.3 Å². The molecule has 0 unspecified atom stereocenters. The van der Waals surface area contributed by atoms with Gasteiger partial charge in [-0.2, -0.15) is 5.10 Å². The van der Waals surface area contributed by atoms with Gasteiger partial charge in [-0.1, -0.05) is 18.2 Å². The van der Waals surface area contributed by atoms with E-state index < -0.39 is 0 Å². The van der Waals surface area contributed by atoms with Crippen LogP contribution in [0.3, 0.4) is 0 Å². The minimum Gasteiger partial charge on any atom is -0.467 e. The first-order valence-corrected chi connectivity index (χ1v) is 9.82. The number of hydrogen-bond acceptors (Lipinski definition) is 4. The predicted molar refractivity (Wildman–Crippen MR) is 112 cm³/mol. The topological polar surface area (TPSA) is 85.3 Å². The molecule has 0 saturated carbocycles. The standard InChI is InChI=1S/C22H21N5O3/c1-25-13-17(16-6-2-3-7-19(16)25)18-11-21-26(22(29)8-9-27(21)24-18)14-20(28)23-12-15-5-4-10-30-15/h2-7,10-11,13H,8-9,12,14H2,1H3,(H,23,28). The molecular weight excluding hydrogens is 382 g/mol. The molecule has 1 aromatic carbocycles. The van der Waals surface area contributed by atoms with Crippen molar-refractivity contribution in [3.63, 3.8) is 0 Å². The lowest BCUT2D eigenvalue weighted by atomic mass is 10.1. The molecule has 1 aliphatic heterocycles. The van der Waals surface area contributed by atoms with E-state index in [1.54, 1.807) is 23.1 Å². The van der Waals surface area contributed by atoms with Crippen molar-refractivity contribution in [1.82, 2.24) is 19.7 Å². The van der Waals surface area contributed by atoms with Crippen LogP contribution >= 0.6 is 0 Å². The fourth-order valence-corrected chi connectivity index (χ4v) is 3.90. The molecule has 4 aromatic rings. The van der Waals surface area contributed by atoms with Crippen molar-refractivity contribution in [2.75, 3.05) is 11.4 Å². The maximum Gasteiger partial charge on any atom is 0.240 e. The van der Waals surface area contributed by atoms with Crippen molar-refractivity contribution in [2.24, 2.45) is 7.05 Å². The minimum atomic E-state index is -0.249. The van der Waals surface area contributed by atoms with E-state index in [0.717, 1.165) is 22.2 Å². The zero-order chi connectivity index (χ0) is 20.7. The number of rotatable bonds is 5. The molecule has 1 aliphatic rings. The number of carbonyl (C=O) groups is 2. The van der Waals surface area contributed by atoms with Gasteiger partial charge in [0.15, 0.2) is 0 Å². The van der Waals surface area contributed by atoms with Crippen LogP contribution in [-0.2, 0) is 29.7 Å². The van der Waals surface area contributed by atoms with Gasteiger partial charge in [-0.15, -0.1) is 0 Å². The molecule has 8 heteroatoms. The molecule has 0 bridgehead atoms. The fourth-order valence-electron chi connectivity index (χ4n) is 3.90. The molecule has 0 saturated heterocycles. The third kappa shape index (κ3) is 3.16. The normalized spacial score (nSPS) is 13.6. The average molecular weight is 403 g/mol. The highest BCUT2D eigenvalue weighted by Crippen LogP contribution is 2.33. The monoisotopic (exact) mass is 403 g/mol. The molecule has 4 heterocycles. The number of nitrogens with zero attached hydrogens (tertiary/aromatic N) is 4. The van der Waals surface area contributed by atoms with Crippen LogP contribution in [0.25, 0.3) is 22.2 Å². The number of para-hydroxylation sites is 1. The van der Waals surface area contributed by atoms with Crippen LogP contribution in [-0.4, -0.2) is 32.7 Å². The number of amides is 2. The Morgan fingerprint density at radius 3 is 2.93 bits per heavy atom. The second-order valence-corrected chi connectivity index (χ2v) is 7.37. The third-order valence-electron chi connectivity index (χ3n) is 5.39. The van der Waals surface area contributed by atoms with Gasteiger partial charge in [0, 0.05) is 42.2 Å². The van der Waals surface area contributed by atoms with Gasteiger partial charge in [-0.3, -0.25) is 14.5 Å². The number of nitrogens with one attached hydrogen (secondary N) is 1. The van der Waals surface area contributed by atoms with Crippen molar-refractivity contribution >= 4 is 28.5 Å². The third-order valence-corrected chi connectivity index (χ3v) is 5.39. The Labute approximate surface area is 172 Å². The molecule has 0 radical (unpaired) electrons. The molecule has 0 fully saturated rings. The minimum absolute atomic E-state index is 0.0553. The van der Waals surface area contributed by atoms with E-state index in [4.69, 9.17) is 9.52 Å². The van der Waals surface area contributed by atoms with Crippen LogP contribution in [0.2, 0.25) is 0 Å². The van der Waals surface area contributed by atoms with Crippen molar-refractivity contribution in [2.45, 2.75) is 19.5 Å². The summed E-state index contributed by atoms with van der Waals surface area (Å²) in [5.74, 6) is 0.972. The Bertz CT molecular complexity index is 1240. The van der Waals surface area contributed by atoms with Gasteiger partial charge in [-0.25, -0.2) is 4.68 Å². The lowest BCUT2D eigenvalue weighted by Crippen LogP contribution is -2.44. The quantitative estimate of drug-likeness (QED) is 0.555. The van der Waals surface area contributed by atoms with Gasteiger partial charge in [0.05, 0.1) is 25.0 Å². The molecule has 1 N–H and O–H groups in total. The maximum absolute atomic E-state index is 12.6. The van der Waals surface area contributed by atoms with Crippen LogP contribution in [0.1, 0.15) is 12.2 Å². The van der Waals surface area contributed by atoms with Gasteiger partial charge >= 0.3 is 0 Å². The SMILES string of the molecule is Cn1cc(-c2cc3n(n2)CCC(=O)N3CC(=O)NCc2ccco2)c2ccccc21. The van der Waals surface area contributed by atoms with Crippen molar-refractivity contribution in [1.29, 1.82) is 0 Å². The molecule has 0 aliphatic carbocycles. The Kier molecular flexibility index (Phi) is 4.39. The molecule has 5 rings (SSSR count). The van der Waals surface area contributed by atoms with Crippen molar-refractivity contribution < 1.29 is 14.0 Å². The molecule has 2 amide bonds. The summed E-state index contributed by atoms with van der Waals surface area (Å²) >= 11 is 0. The van der Waals surface area contributed by atoms with Crippen molar-refractivity contribution in [3.05, 3.63) is 60.7 Å². The fraction of sp³-hybridized carbons (Fsp3) is 0.227.